The molecule has 1 heterocycles. The van der Waals surface area contributed by atoms with Crippen LogP contribution in [-0.2, 0) is 0 Å². The first kappa shape index (κ1) is 13.0. The summed E-state index contributed by atoms with van der Waals surface area (Å²) in [6.07, 6.45) is 1.01. The molecule has 0 bridgehead atoms. The molecule has 3 heteroatoms. The van der Waals surface area contributed by atoms with Crippen LogP contribution in [0.25, 0.3) is 21.8 Å². The summed E-state index contributed by atoms with van der Waals surface area (Å²) in [4.78, 5) is 6.00. The largest absolute Gasteiger partial charge is 0.413 e. The fraction of sp³-hybridized carbons (Fsp3) is 0.294. The molecule has 0 aliphatic rings. The average Bonchev–Trinajstić information content (AvgIpc) is 2.82. The van der Waals surface area contributed by atoms with Crippen molar-refractivity contribution in [3.05, 3.63) is 48.5 Å². The molecule has 0 radical (unpaired) electrons. The van der Waals surface area contributed by atoms with E-state index in [1.54, 1.807) is 0 Å². The third-order valence-corrected chi connectivity index (χ3v) is 3.50. The molecule has 0 unspecified atom stereocenters. The fourth-order valence-corrected chi connectivity index (χ4v) is 2.56. The van der Waals surface area contributed by atoms with E-state index in [2.05, 4.69) is 60.8 Å². The van der Waals surface area contributed by atoms with Gasteiger partial charge in [0, 0.05) is 10.8 Å². The van der Waals surface area contributed by atoms with Crippen molar-refractivity contribution in [3.63, 3.8) is 0 Å². The lowest BCUT2D eigenvalue weighted by molar-refractivity contribution is 0.127. The number of nitrogens with one attached hydrogen (secondary N) is 1. The number of nitrogens with zero attached hydrogens (tertiary/aromatic N) is 1. The smallest absolute Gasteiger partial charge is 0.116 e. The van der Waals surface area contributed by atoms with E-state index in [1.165, 1.54) is 10.8 Å². The number of fused-ring (bicyclic) bond motifs is 3. The van der Waals surface area contributed by atoms with Crippen LogP contribution in [0.1, 0.15) is 13.3 Å². The lowest BCUT2D eigenvalue weighted by atomic mass is 10.2. The minimum Gasteiger partial charge on any atom is -0.413 e. The molecule has 1 aromatic heterocycles. The van der Waals surface area contributed by atoms with Crippen molar-refractivity contribution in [1.29, 1.82) is 0 Å². The summed E-state index contributed by atoms with van der Waals surface area (Å²) >= 11 is 0. The Morgan fingerprint density at radius 2 is 1.55 bits per heavy atom. The second kappa shape index (κ2) is 5.97. The van der Waals surface area contributed by atoms with Crippen LogP contribution < -0.4 is 10.2 Å². The van der Waals surface area contributed by atoms with E-state index in [0.717, 1.165) is 37.2 Å². The van der Waals surface area contributed by atoms with Crippen LogP contribution in [0.3, 0.4) is 0 Å². The lowest BCUT2D eigenvalue weighted by Gasteiger charge is -2.09. The van der Waals surface area contributed by atoms with Gasteiger partial charge in [0.05, 0.1) is 11.0 Å². The van der Waals surface area contributed by atoms with E-state index in [4.69, 9.17) is 4.84 Å². The third kappa shape index (κ3) is 2.37. The molecule has 0 saturated carbocycles. The van der Waals surface area contributed by atoms with Crippen LogP contribution in [0, 0.1) is 0 Å². The number of hydrogen-bond donors (Lipinski definition) is 1. The zero-order valence-corrected chi connectivity index (χ0v) is 11.8. The van der Waals surface area contributed by atoms with Crippen LogP contribution in [-0.4, -0.2) is 24.4 Å². The molecule has 0 spiro atoms. The average molecular weight is 268 g/mol. The van der Waals surface area contributed by atoms with Crippen LogP contribution in [0.4, 0.5) is 0 Å². The van der Waals surface area contributed by atoms with Gasteiger partial charge in [0.15, 0.2) is 0 Å². The van der Waals surface area contributed by atoms with Gasteiger partial charge in [0.2, 0.25) is 0 Å². The molecular weight excluding hydrogens is 248 g/mol. The Bertz CT molecular complexity index is 649. The Balaban J connectivity index is 1.91. The van der Waals surface area contributed by atoms with Crippen molar-refractivity contribution in [3.8, 4) is 0 Å². The number of para-hydroxylation sites is 2. The number of hydrogen-bond acceptors (Lipinski definition) is 2. The zero-order chi connectivity index (χ0) is 13.8. The highest BCUT2D eigenvalue weighted by Crippen LogP contribution is 2.27. The van der Waals surface area contributed by atoms with Gasteiger partial charge < -0.3 is 10.2 Å². The minimum absolute atomic E-state index is 0.718. The van der Waals surface area contributed by atoms with E-state index in [-0.39, 0.29) is 0 Å². The summed E-state index contributed by atoms with van der Waals surface area (Å²) in [6.45, 7) is 4.84. The van der Waals surface area contributed by atoms with Gasteiger partial charge in [-0.3, -0.25) is 0 Å². The molecule has 0 aliphatic carbocycles. The topological polar surface area (TPSA) is 26.2 Å². The second-order valence-corrected chi connectivity index (χ2v) is 4.87. The molecule has 2 aromatic carbocycles. The predicted octanol–water partition coefficient (Wildman–Crippen LogP) is 3.22. The fourth-order valence-electron chi connectivity index (χ4n) is 2.56. The molecule has 0 aliphatic heterocycles. The molecule has 20 heavy (non-hydrogen) atoms. The first-order valence-electron chi connectivity index (χ1n) is 7.24. The first-order valence-corrected chi connectivity index (χ1v) is 7.24. The standard InChI is InChI=1S/C17H20N2O/c1-2-18-12-7-13-20-19-16-10-5-3-8-14(16)15-9-4-6-11-17(15)19/h3-6,8-11,18H,2,7,12-13H2,1H3. The van der Waals surface area contributed by atoms with E-state index >= 15 is 0 Å². The van der Waals surface area contributed by atoms with Crippen molar-refractivity contribution >= 4 is 21.8 Å². The maximum absolute atomic E-state index is 6.00. The highest BCUT2D eigenvalue weighted by Gasteiger charge is 2.09. The van der Waals surface area contributed by atoms with Crippen molar-refractivity contribution in [2.24, 2.45) is 0 Å². The number of benzene rings is 2. The molecule has 104 valence electrons. The van der Waals surface area contributed by atoms with Gasteiger partial charge in [0.25, 0.3) is 0 Å². The van der Waals surface area contributed by atoms with E-state index in [1.807, 2.05) is 4.73 Å². The molecule has 3 nitrogen and oxygen atoms in total. The van der Waals surface area contributed by atoms with Crippen LogP contribution in [0.15, 0.2) is 48.5 Å². The van der Waals surface area contributed by atoms with Gasteiger partial charge in [-0.1, -0.05) is 43.3 Å². The van der Waals surface area contributed by atoms with Crippen LogP contribution >= 0.6 is 0 Å². The Labute approximate surface area is 119 Å². The van der Waals surface area contributed by atoms with Gasteiger partial charge in [-0.2, -0.15) is 4.73 Å². The monoisotopic (exact) mass is 268 g/mol. The Morgan fingerprint density at radius 1 is 0.950 bits per heavy atom. The van der Waals surface area contributed by atoms with Crippen molar-refractivity contribution in [2.45, 2.75) is 13.3 Å². The van der Waals surface area contributed by atoms with Gasteiger partial charge in [0.1, 0.15) is 6.61 Å². The minimum atomic E-state index is 0.718. The maximum atomic E-state index is 6.00. The summed E-state index contributed by atoms with van der Waals surface area (Å²) in [5, 5.41) is 5.80. The van der Waals surface area contributed by atoms with Crippen LogP contribution in [0.5, 0.6) is 0 Å². The second-order valence-electron chi connectivity index (χ2n) is 4.87. The molecular formula is C17H20N2O. The van der Waals surface area contributed by atoms with E-state index in [0.29, 0.717) is 0 Å². The Hall–Kier alpha value is -2.00. The maximum Gasteiger partial charge on any atom is 0.116 e. The van der Waals surface area contributed by atoms with E-state index in [9.17, 15) is 0 Å². The molecule has 0 atom stereocenters. The third-order valence-electron chi connectivity index (χ3n) is 3.50. The number of rotatable bonds is 6. The first-order chi connectivity index (χ1) is 9.92. The number of aromatic nitrogens is 1. The quantitative estimate of drug-likeness (QED) is 0.695. The molecule has 3 aromatic rings. The zero-order valence-electron chi connectivity index (χ0n) is 11.8. The summed E-state index contributed by atoms with van der Waals surface area (Å²) < 4.78 is 1.97. The molecule has 1 N–H and O–H groups in total. The highest BCUT2D eigenvalue weighted by molar-refractivity contribution is 6.07. The Morgan fingerprint density at radius 3 is 2.15 bits per heavy atom. The molecule has 0 fully saturated rings. The molecule has 0 amide bonds. The normalized spacial score (nSPS) is 11.2. The summed E-state index contributed by atoms with van der Waals surface area (Å²) in [5.41, 5.74) is 2.27. The summed E-state index contributed by atoms with van der Waals surface area (Å²) in [5.74, 6) is 0. The SMILES string of the molecule is CCNCCCOn1c2ccccc2c2ccccc21. The van der Waals surface area contributed by atoms with Gasteiger partial charge in [-0.05, 0) is 31.6 Å². The van der Waals surface area contributed by atoms with Crippen molar-refractivity contribution < 1.29 is 4.84 Å². The van der Waals surface area contributed by atoms with Gasteiger partial charge in [-0.15, -0.1) is 0 Å². The highest BCUT2D eigenvalue weighted by atomic mass is 16.7. The predicted molar refractivity (Wildman–Crippen MR) is 84.1 cm³/mol. The molecule has 0 saturated heterocycles. The summed E-state index contributed by atoms with van der Waals surface area (Å²) in [7, 11) is 0. The van der Waals surface area contributed by atoms with Crippen molar-refractivity contribution in [2.75, 3.05) is 19.7 Å². The summed E-state index contributed by atoms with van der Waals surface area (Å²) in [6, 6.07) is 16.8. The van der Waals surface area contributed by atoms with E-state index < -0.39 is 0 Å². The molecule has 3 rings (SSSR count). The van der Waals surface area contributed by atoms with Crippen molar-refractivity contribution in [1.82, 2.24) is 10.0 Å². The van der Waals surface area contributed by atoms with Gasteiger partial charge >= 0.3 is 0 Å². The Kier molecular flexibility index (Phi) is 3.88. The van der Waals surface area contributed by atoms with Crippen LogP contribution in [0.2, 0.25) is 0 Å². The van der Waals surface area contributed by atoms with Gasteiger partial charge in [-0.25, -0.2) is 0 Å². The lowest BCUT2D eigenvalue weighted by Crippen LogP contribution is -2.19.